The minimum absolute atomic E-state index is 0.171. The molecule has 2 atom stereocenters. The summed E-state index contributed by atoms with van der Waals surface area (Å²) in [5.41, 5.74) is 4.21. The maximum Gasteiger partial charge on any atom is 0.115 e. The molecule has 3 aromatic rings. The van der Waals surface area contributed by atoms with Gasteiger partial charge in [0.15, 0.2) is 0 Å². The summed E-state index contributed by atoms with van der Waals surface area (Å²) in [5, 5.41) is 10.0. The number of para-hydroxylation sites is 2. The molecule has 3 rings (SSSR count). The van der Waals surface area contributed by atoms with Crippen molar-refractivity contribution in [1.29, 1.82) is 0 Å². The van der Waals surface area contributed by atoms with Gasteiger partial charge in [0.05, 0.1) is 22.5 Å². The third-order valence-corrected chi connectivity index (χ3v) is 6.63. The van der Waals surface area contributed by atoms with Crippen LogP contribution in [0.5, 0.6) is 5.75 Å². The highest BCUT2D eigenvalue weighted by atomic mass is 35.5. The molecule has 0 saturated heterocycles. The fraction of sp³-hybridized carbons (Fsp3) is 0.174. The van der Waals surface area contributed by atoms with Gasteiger partial charge in [0.1, 0.15) is 5.75 Å². The Morgan fingerprint density at radius 1 is 1.14 bits per heavy atom. The van der Waals surface area contributed by atoms with Crippen LogP contribution in [0.25, 0.3) is 0 Å². The molecule has 29 heavy (non-hydrogen) atoms. The Hall–Kier alpha value is -2.63. The van der Waals surface area contributed by atoms with Crippen LogP contribution < -0.4 is 4.90 Å². The molecule has 2 unspecified atom stereocenters. The molecule has 0 fully saturated rings. The highest BCUT2D eigenvalue weighted by molar-refractivity contribution is 7.85. The molecule has 0 aliphatic carbocycles. The maximum atomic E-state index is 13.3. The molecule has 0 bridgehead atoms. The lowest BCUT2D eigenvalue weighted by atomic mass is 10.1. The molecule has 0 amide bonds. The summed E-state index contributed by atoms with van der Waals surface area (Å²) in [6.45, 7) is 7.54. The first-order valence-electron chi connectivity index (χ1n) is 9.16. The second-order valence-electron chi connectivity index (χ2n) is 6.77. The SMILES string of the molecule is C=Nc1ccccc1N(CS(=O)C(C)c1ccc(C)cc1Cl)c1ccc(O)cc1. The first kappa shape index (κ1) is 21.1. The molecule has 6 heteroatoms. The molecule has 0 aromatic heterocycles. The van der Waals surface area contributed by atoms with Gasteiger partial charge in [-0.25, -0.2) is 0 Å². The number of phenolic OH excluding ortho intramolecular Hbond substituents is 1. The van der Waals surface area contributed by atoms with Crippen LogP contribution in [0.15, 0.2) is 71.7 Å². The summed E-state index contributed by atoms with van der Waals surface area (Å²) < 4.78 is 13.3. The second kappa shape index (κ2) is 9.25. The van der Waals surface area contributed by atoms with Crippen LogP contribution in [0.4, 0.5) is 17.1 Å². The van der Waals surface area contributed by atoms with E-state index in [9.17, 15) is 9.32 Å². The lowest BCUT2D eigenvalue weighted by Crippen LogP contribution is -2.24. The minimum atomic E-state index is -1.26. The molecule has 0 spiro atoms. The van der Waals surface area contributed by atoms with Crippen molar-refractivity contribution in [2.75, 3.05) is 10.8 Å². The van der Waals surface area contributed by atoms with Gasteiger partial charge in [0.25, 0.3) is 0 Å². The van der Waals surface area contributed by atoms with Gasteiger partial charge < -0.3 is 10.0 Å². The monoisotopic (exact) mass is 426 g/mol. The van der Waals surface area contributed by atoms with Crippen molar-refractivity contribution in [3.8, 4) is 5.75 Å². The van der Waals surface area contributed by atoms with E-state index in [0.717, 1.165) is 22.5 Å². The molecule has 0 saturated carbocycles. The zero-order valence-corrected chi connectivity index (χ0v) is 18.0. The van der Waals surface area contributed by atoms with E-state index in [1.54, 1.807) is 24.3 Å². The Kier molecular flexibility index (Phi) is 6.72. The first-order valence-corrected chi connectivity index (χ1v) is 10.9. The minimum Gasteiger partial charge on any atom is -0.508 e. The molecular weight excluding hydrogens is 404 g/mol. The zero-order chi connectivity index (χ0) is 21.0. The van der Waals surface area contributed by atoms with Crippen LogP contribution in [-0.2, 0) is 10.8 Å². The van der Waals surface area contributed by atoms with E-state index in [-0.39, 0.29) is 16.9 Å². The van der Waals surface area contributed by atoms with E-state index in [4.69, 9.17) is 11.6 Å². The van der Waals surface area contributed by atoms with Crippen LogP contribution in [0.3, 0.4) is 0 Å². The van der Waals surface area contributed by atoms with Crippen molar-refractivity contribution in [3.05, 3.63) is 82.9 Å². The quantitative estimate of drug-likeness (QED) is 0.451. The van der Waals surface area contributed by atoms with Crippen molar-refractivity contribution in [3.63, 3.8) is 0 Å². The van der Waals surface area contributed by atoms with Crippen LogP contribution in [-0.4, -0.2) is 21.9 Å². The Bertz CT molecular complexity index is 1040. The number of anilines is 2. The first-order chi connectivity index (χ1) is 13.9. The summed E-state index contributed by atoms with van der Waals surface area (Å²) in [6, 6.07) is 20.1. The molecule has 0 radical (unpaired) electrons. The third kappa shape index (κ3) is 4.86. The number of rotatable bonds is 7. The summed E-state index contributed by atoms with van der Waals surface area (Å²) in [4.78, 5) is 6.04. The third-order valence-electron chi connectivity index (χ3n) is 4.75. The summed E-state index contributed by atoms with van der Waals surface area (Å²) in [7, 11) is -1.26. The molecule has 4 nitrogen and oxygen atoms in total. The zero-order valence-electron chi connectivity index (χ0n) is 16.4. The average Bonchev–Trinajstić information content (AvgIpc) is 2.72. The molecular formula is C23H23ClN2O2S. The maximum absolute atomic E-state index is 13.3. The standard InChI is InChI=1S/C23H23ClN2O2S/c1-16-8-13-20(21(24)14-16)17(2)29(28)15-26(18-9-11-19(27)12-10-18)23-7-5-4-6-22(23)25-3/h4-14,17,27H,3,15H2,1-2H3. The van der Waals surface area contributed by atoms with E-state index >= 15 is 0 Å². The topological polar surface area (TPSA) is 52.9 Å². The normalized spacial score (nSPS) is 12.9. The second-order valence-corrected chi connectivity index (χ2v) is 8.90. The Morgan fingerprint density at radius 3 is 2.48 bits per heavy atom. The van der Waals surface area contributed by atoms with E-state index in [1.165, 1.54) is 0 Å². The number of hydrogen-bond donors (Lipinski definition) is 1. The molecule has 3 aromatic carbocycles. The average molecular weight is 427 g/mol. The summed E-state index contributed by atoms with van der Waals surface area (Å²) in [6.07, 6.45) is 0. The number of aryl methyl sites for hydroxylation is 1. The van der Waals surface area contributed by atoms with Crippen molar-refractivity contribution in [1.82, 2.24) is 0 Å². The number of halogens is 1. The molecule has 0 aliphatic heterocycles. The number of benzene rings is 3. The number of aliphatic imine (C=N–C) groups is 1. The predicted molar refractivity (Wildman–Crippen MR) is 124 cm³/mol. The fourth-order valence-corrected chi connectivity index (χ4v) is 4.80. The number of hydrogen-bond acceptors (Lipinski definition) is 4. The van der Waals surface area contributed by atoms with Crippen molar-refractivity contribution in [2.45, 2.75) is 19.1 Å². The van der Waals surface area contributed by atoms with E-state index < -0.39 is 10.8 Å². The lowest BCUT2D eigenvalue weighted by molar-refractivity contribution is 0.475. The van der Waals surface area contributed by atoms with Gasteiger partial charge in [0.2, 0.25) is 0 Å². The largest absolute Gasteiger partial charge is 0.508 e. The number of nitrogens with zero attached hydrogens (tertiary/aromatic N) is 2. The Labute approximate surface area is 178 Å². The summed E-state index contributed by atoms with van der Waals surface area (Å²) >= 11 is 6.41. The predicted octanol–water partition coefficient (Wildman–Crippen LogP) is 6.29. The highest BCUT2D eigenvalue weighted by Gasteiger charge is 2.22. The Balaban J connectivity index is 1.97. The van der Waals surface area contributed by atoms with Crippen LogP contribution in [0.2, 0.25) is 5.02 Å². The van der Waals surface area contributed by atoms with Gasteiger partial charge in [0, 0.05) is 21.5 Å². The van der Waals surface area contributed by atoms with Crippen LogP contribution in [0, 0.1) is 6.92 Å². The summed E-state index contributed by atoms with van der Waals surface area (Å²) in [5.74, 6) is 0.410. The van der Waals surface area contributed by atoms with E-state index in [2.05, 4.69) is 11.7 Å². The van der Waals surface area contributed by atoms with Crippen molar-refractivity contribution in [2.24, 2.45) is 4.99 Å². The number of aromatic hydroxyl groups is 1. The highest BCUT2D eigenvalue weighted by Crippen LogP contribution is 2.36. The Morgan fingerprint density at radius 2 is 1.83 bits per heavy atom. The van der Waals surface area contributed by atoms with Gasteiger partial charge in [-0.05, 0) is 74.2 Å². The van der Waals surface area contributed by atoms with E-state index in [1.807, 2.05) is 61.2 Å². The van der Waals surface area contributed by atoms with Gasteiger partial charge in [-0.1, -0.05) is 35.9 Å². The van der Waals surface area contributed by atoms with Gasteiger partial charge in [-0.3, -0.25) is 9.20 Å². The molecule has 1 N–H and O–H groups in total. The van der Waals surface area contributed by atoms with E-state index in [0.29, 0.717) is 10.7 Å². The van der Waals surface area contributed by atoms with Crippen molar-refractivity contribution < 1.29 is 9.32 Å². The lowest BCUT2D eigenvalue weighted by Gasteiger charge is -2.27. The van der Waals surface area contributed by atoms with Crippen LogP contribution >= 0.6 is 11.6 Å². The molecule has 0 heterocycles. The van der Waals surface area contributed by atoms with Gasteiger partial charge in [-0.15, -0.1) is 0 Å². The number of phenols is 1. The van der Waals surface area contributed by atoms with Gasteiger partial charge >= 0.3 is 0 Å². The van der Waals surface area contributed by atoms with Crippen molar-refractivity contribution >= 4 is 46.2 Å². The fourth-order valence-electron chi connectivity index (χ4n) is 3.08. The van der Waals surface area contributed by atoms with Crippen LogP contribution in [0.1, 0.15) is 23.3 Å². The molecule has 0 aliphatic rings. The smallest absolute Gasteiger partial charge is 0.115 e. The van der Waals surface area contributed by atoms with Gasteiger partial charge in [-0.2, -0.15) is 0 Å². The molecule has 150 valence electrons.